The number of carbonyl (C=O) groups excluding carboxylic acids is 1. The zero-order valence-electron chi connectivity index (χ0n) is 24.1. The van der Waals surface area contributed by atoms with E-state index in [0.29, 0.717) is 28.4 Å². The van der Waals surface area contributed by atoms with Crippen molar-refractivity contribution in [1.82, 2.24) is 0 Å². The summed E-state index contributed by atoms with van der Waals surface area (Å²) in [6.45, 7) is 16.6. The first-order valence-corrected chi connectivity index (χ1v) is 12.5. The molecule has 0 radical (unpaired) electrons. The van der Waals surface area contributed by atoms with Crippen LogP contribution in [0.25, 0.3) is 11.1 Å². The molecule has 0 atom stereocenters. The van der Waals surface area contributed by atoms with Crippen LogP contribution in [-0.2, 0) is 10.8 Å². The Morgan fingerprint density at radius 1 is 0.703 bits per heavy atom. The molecule has 0 heterocycles. The fourth-order valence-electron chi connectivity index (χ4n) is 4.63. The molecule has 0 amide bonds. The van der Waals surface area contributed by atoms with E-state index in [-0.39, 0.29) is 10.8 Å². The van der Waals surface area contributed by atoms with Crippen molar-refractivity contribution in [2.75, 3.05) is 21.3 Å². The summed E-state index contributed by atoms with van der Waals surface area (Å²) in [5.74, 6) is 2.08. The van der Waals surface area contributed by atoms with Gasteiger partial charge in [-0.25, -0.2) is 4.79 Å². The van der Waals surface area contributed by atoms with Crippen molar-refractivity contribution in [3.8, 4) is 34.1 Å². The van der Waals surface area contributed by atoms with Gasteiger partial charge in [0.15, 0.2) is 0 Å². The number of ether oxygens (including phenoxy) is 4. The molecule has 0 saturated heterocycles. The van der Waals surface area contributed by atoms with Gasteiger partial charge in [-0.1, -0.05) is 53.7 Å². The van der Waals surface area contributed by atoms with Crippen LogP contribution in [0.1, 0.15) is 74.2 Å². The summed E-state index contributed by atoms with van der Waals surface area (Å²) >= 11 is 0. The number of rotatable bonds is 6. The normalized spacial score (nSPS) is 11.8. The molecule has 198 valence electrons. The molecular formula is C32H40O5. The Labute approximate surface area is 221 Å². The van der Waals surface area contributed by atoms with E-state index in [9.17, 15) is 4.79 Å². The maximum Gasteiger partial charge on any atom is 0.344 e. The molecule has 37 heavy (non-hydrogen) atoms. The van der Waals surface area contributed by atoms with Crippen LogP contribution in [-0.4, -0.2) is 27.3 Å². The zero-order chi connectivity index (χ0) is 27.7. The molecule has 5 nitrogen and oxygen atoms in total. The first-order valence-electron chi connectivity index (χ1n) is 12.5. The van der Waals surface area contributed by atoms with Gasteiger partial charge >= 0.3 is 5.97 Å². The van der Waals surface area contributed by atoms with E-state index in [1.54, 1.807) is 33.5 Å². The van der Waals surface area contributed by atoms with Crippen LogP contribution in [0.15, 0.2) is 42.5 Å². The number of carbonyl (C=O) groups is 1. The topological polar surface area (TPSA) is 54.0 Å². The number of hydrogen-bond donors (Lipinski definition) is 0. The van der Waals surface area contributed by atoms with Gasteiger partial charge in [0.05, 0.1) is 26.9 Å². The van der Waals surface area contributed by atoms with Crippen molar-refractivity contribution in [1.29, 1.82) is 0 Å². The van der Waals surface area contributed by atoms with E-state index in [4.69, 9.17) is 18.9 Å². The predicted octanol–water partition coefficient (Wildman–Crippen LogP) is 7.81. The van der Waals surface area contributed by atoms with E-state index in [2.05, 4.69) is 47.6 Å². The highest BCUT2D eigenvalue weighted by Crippen LogP contribution is 2.45. The Kier molecular flexibility index (Phi) is 7.97. The van der Waals surface area contributed by atoms with Crippen molar-refractivity contribution >= 4 is 5.97 Å². The number of hydrogen-bond acceptors (Lipinski definition) is 5. The minimum atomic E-state index is -0.461. The van der Waals surface area contributed by atoms with Crippen molar-refractivity contribution in [3.63, 3.8) is 0 Å². The number of aryl methyl sites for hydroxylation is 2. The fourth-order valence-corrected chi connectivity index (χ4v) is 4.63. The molecule has 0 bridgehead atoms. The summed E-state index contributed by atoms with van der Waals surface area (Å²) in [5, 5.41) is 0. The largest absolute Gasteiger partial charge is 0.497 e. The second-order valence-electron chi connectivity index (χ2n) is 11.5. The predicted molar refractivity (Wildman–Crippen MR) is 150 cm³/mol. The Bertz CT molecular complexity index is 1270. The molecular weight excluding hydrogens is 464 g/mol. The van der Waals surface area contributed by atoms with Gasteiger partial charge in [0.2, 0.25) is 0 Å². The molecule has 0 aliphatic heterocycles. The third-order valence-electron chi connectivity index (χ3n) is 6.49. The van der Waals surface area contributed by atoms with E-state index in [0.717, 1.165) is 33.6 Å². The molecule has 0 fully saturated rings. The average Bonchev–Trinajstić information content (AvgIpc) is 2.81. The van der Waals surface area contributed by atoms with Gasteiger partial charge in [-0.05, 0) is 66.1 Å². The average molecular weight is 505 g/mol. The summed E-state index contributed by atoms with van der Waals surface area (Å²) in [7, 11) is 4.89. The number of benzene rings is 3. The fraction of sp³-hybridized carbons (Fsp3) is 0.406. The highest BCUT2D eigenvalue weighted by molar-refractivity contribution is 6.02. The second-order valence-corrected chi connectivity index (χ2v) is 11.5. The summed E-state index contributed by atoms with van der Waals surface area (Å²) in [6.07, 6.45) is 0. The minimum Gasteiger partial charge on any atom is -0.497 e. The Morgan fingerprint density at radius 2 is 1.27 bits per heavy atom. The maximum atomic E-state index is 14.0. The number of esters is 1. The minimum absolute atomic E-state index is 0.294. The van der Waals surface area contributed by atoms with Crippen LogP contribution < -0.4 is 18.9 Å². The lowest BCUT2D eigenvalue weighted by molar-refractivity contribution is 0.0729. The smallest absolute Gasteiger partial charge is 0.344 e. The highest BCUT2D eigenvalue weighted by Gasteiger charge is 2.31. The van der Waals surface area contributed by atoms with Crippen molar-refractivity contribution < 1.29 is 23.7 Å². The molecule has 0 aliphatic rings. The molecule has 3 rings (SSSR count). The molecule has 3 aromatic carbocycles. The third kappa shape index (κ3) is 5.76. The Hall–Kier alpha value is -3.47. The van der Waals surface area contributed by atoms with Crippen LogP contribution in [0.3, 0.4) is 0 Å². The van der Waals surface area contributed by atoms with E-state index in [1.165, 1.54) is 0 Å². The molecule has 0 unspecified atom stereocenters. The van der Waals surface area contributed by atoms with Gasteiger partial charge in [-0.2, -0.15) is 0 Å². The SMILES string of the molecule is COc1cc(C(C)(C)C)c(OC(=O)c2cccc(OC)c2-c2c(C)cc(C)cc2OC)c(C(C)(C)C)c1. The quantitative estimate of drug-likeness (QED) is 0.253. The van der Waals surface area contributed by atoms with Crippen LogP contribution in [0, 0.1) is 13.8 Å². The molecule has 0 spiro atoms. The third-order valence-corrected chi connectivity index (χ3v) is 6.49. The summed E-state index contributed by atoms with van der Waals surface area (Å²) < 4.78 is 23.4. The van der Waals surface area contributed by atoms with Gasteiger partial charge in [0.1, 0.15) is 23.0 Å². The van der Waals surface area contributed by atoms with Crippen molar-refractivity contribution in [3.05, 3.63) is 70.3 Å². The summed E-state index contributed by atoms with van der Waals surface area (Å²) in [5.41, 5.74) is 5.12. The first-order chi connectivity index (χ1) is 17.2. The van der Waals surface area contributed by atoms with Crippen molar-refractivity contribution in [2.45, 2.75) is 66.2 Å². The van der Waals surface area contributed by atoms with Gasteiger partial charge in [-0.3, -0.25) is 0 Å². The summed E-state index contributed by atoms with van der Waals surface area (Å²) in [6, 6.07) is 13.4. The lowest BCUT2D eigenvalue weighted by atomic mass is 9.79. The van der Waals surface area contributed by atoms with E-state index in [1.807, 2.05) is 38.1 Å². The molecule has 0 N–H and O–H groups in total. The first kappa shape index (κ1) is 28.1. The second kappa shape index (κ2) is 10.5. The Balaban J connectivity index is 2.29. The lowest BCUT2D eigenvalue weighted by Gasteiger charge is -2.30. The maximum absolute atomic E-state index is 14.0. The van der Waals surface area contributed by atoms with Gasteiger partial charge in [0.25, 0.3) is 0 Å². The van der Waals surface area contributed by atoms with Gasteiger partial charge in [0, 0.05) is 22.3 Å². The van der Waals surface area contributed by atoms with Gasteiger partial charge < -0.3 is 18.9 Å². The summed E-state index contributed by atoms with van der Waals surface area (Å²) in [4.78, 5) is 14.0. The van der Waals surface area contributed by atoms with Crippen LogP contribution >= 0.6 is 0 Å². The van der Waals surface area contributed by atoms with E-state index < -0.39 is 5.97 Å². The molecule has 3 aromatic rings. The molecule has 0 aromatic heterocycles. The number of methoxy groups -OCH3 is 3. The van der Waals surface area contributed by atoms with Crippen LogP contribution in [0.5, 0.6) is 23.0 Å². The zero-order valence-corrected chi connectivity index (χ0v) is 24.1. The highest BCUT2D eigenvalue weighted by atomic mass is 16.5. The van der Waals surface area contributed by atoms with Crippen LogP contribution in [0.2, 0.25) is 0 Å². The molecule has 5 heteroatoms. The van der Waals surface area contributed by atoms with E-state index >= 15 is 0 Å². The monoisotopic (exact) mass is 504 g/mol. The van der Waals surface area contributed by atoms with Gasteiger partial charge in [-0.15, -0.1) is 0 Å². The Morgan fingerprint density at radius 3 is 1.76 bits per heavy atom. The van der Waals surface area contributed by atoms with Crippen LogP contribution in [0.4, 0.5) is 0 Å². The van der Waals surface area contributed by atoms with Crippen molar-refractivity contribution in [2.24, 2.45) is 0 Å². The lowest BCUT2D eigenvalue weighted by Crippen LogP contribution is -2.22. The standard InChI is InChI=1S/C32H40O5/c1-19-15-20(2)27(26(16-19)36-11)28-22(13-12-14-25(28)35-10)30(33)37-29-23(31(3,4)5)17-21(34-9)18-24(29)32(6,7)8/h12-18H,1-11H3. The molecule has 0 aliphatic carbocycles. The molecule has 0 saturated carbocycles.